The van der Waals surface area contributed by atoms with Gasteiger partial charge in [-0.1, -0.05) is 249 Å². The van der Waals surface area contributed by atoms with Crippen molar-refractivity contribution in [1.82, 2.24) is 4.57 Å². The Balaban J connectivity index is 0.987. The SMILES string of the molecule is c1ccc(-c2ccccc2-c2ccccc2N(c2ccc3c(c2)C(c2ccccc2)(c2ccccc2)c2ccccc2-3)c2ccc3c(c2)c2cccc4c2n3-c2ccccc2C42c3ccccc3-c3ccccc32)cc1. The zero-order chi connectivity index (χ0) is 50.0. The summed E-state index contributed by atoms with van der Waals surface area (Å²) in [5, 5.41) is 2.45. The number of hydrogen-bond acceptors (Lipinski definition) is 1. The summed E-state index contributed by atoms with van der Waals surface area (Å²) >= 11 is 0. The van der Waals surface area contributed by atoms with E-state index in [0.29, 0.717) is 0 Å². The minimum absolute atomic E-state index is 0.486. The van der Waals surface area contributed by atoms with Crippen molar-refractivity contribution in [3.63, 3.8) is 0 Å². The van der Waals surface area contributed by atoms with E-state index in [4.69, 9.17) is 0 Å². The predicted octanol–water partition coefficient (Wildman–Crippen LogP) is 18.6. The van der Waals surface area contributed by atoms with Crippen molar-refractivity contribution in [2.45, 2.75) is 10.8 Å². The molecule has 3 aliphatic rings. The molecule has 1 aliphatic heterocycles. The zero-order valence-corrected chi connectivity index (χ0v) is 41.6. The maximum absolute atomic E-state index is 2.56. The first-order chi connectivity index (χ1) is 37.7. The molecule has 1 spiro atoms. The molecule has 13 aromatic rings. The first-order valence-electron chi connectivity index (χ1n) is 26.5. The van der Waals surface area contributed by atoms with Crippen molar-refractivity contribution in [1.29, 1.82) is 0 Å². The van der Waals surface area contributed by atoms with Gasteiger partial charge < -0.3 is 9.47 Å². The lowest BCUT2D eigenvalue weighted by Crippen LogP contribution is -2.33. The molecule has 354 valence electrons. The van der Waals surface area contributed by atoms with E-state index in [9.17, 15) is 0 Å². The molecule has 76 heavy (non-hydrogen) atoms. The van der Waals surface area contributed by atoms with Gasteiger partial charge in [0.2, 0.25) is 0 Å². The van der Waals surface area contributed by atoms with Crippen LogP contribution >= 0.6 is 0 Å². The molecule has 0 saturated heterocycles. The van der Waals surface area contributed by atoms with E-state index in [-0.39, 0.29) is 0 Å². The Morgan fingerprint density at radius 1 is 0.276 bits per heavy atom. The van der Waals surface area contributed by atoms with Crippen LogP contribution in [-0.4, -0.2) is 4.57 Å². The standard InChI is InChI=1S/C74H48N2/c1-4-23-49(24-5-1)54-29-10-11-30-55(54)60-34-15-20-41-69(60)75(53-43-45-59-58-33-12-16-36-63(58)73(68(59)48-53,50-25-6-2-7-26-50)51-27-8-3-9-28-51)52-44-46-70-62(47-52)61-35-22-40-67-72(61)76(70)71-42-21-19-39-66(71)74(67)64-37-17-13-31-56(64)57-32-14-18-38-65(57)74/h1-48H. The normalized spacial score (nSPS) is 13.7. The lowest BCUT2D eigenvalue weighted by Gasteiger charge is -2.39. The Morgan fingerprint density at radius 2 is 0.750 bits per heavy atom. The van der Waals surface area contributed by atoms with E-state index in [1.54, 1.807) is 0 Å². The number of nitrogens with zero attached hydrogens (tertiary/aromatic N) is 2. The van der Waals surface area contributed by atoms with Crippen LogP contribution < -0.4 is 4.90 Å². The van der Waals surface area contributed by atoms with Gasteiger partial charge >= 0.3 is 0 Å². The average Bonchev–Trinajstić information content (AvgIpc) is 4.27. The topological polar surface area (TPSA) is 8.17 Å². The van der Waals surface area contributed by atoms with Crippen molar-refractivity contribution in [3.05, 3.63) is 336 Å². The average molecular weight is 965 g/mol. The number of rotatable bonds is 7. The third-order valence-corrected chi connectivity index (χ3v) is 17.1. The Kier molecular flexibility index (Phi) is 9.20. The lowest BCUT2D eigenvalue weighted by atomic mass is 9.65. The van der Waals surface area contributed by atoms with E-state index < -0.39 is 10.8 Å². The molecule has 0 unspecified atom stereocenters. The monoisotopic (exact) mass is 964 g/mol. The van der Waals surface area contributed by atoms with Gasteiger partial charge in [0.25, 0.3) is 0 Å². The summed E-state index contributed by atoms with van der Waals surface area (Å²) in [6, 6.07) is 109. The van der Waals surface area contributed by atoms with Crippen LogP contribution in [-0.2, 0) is 10.8 Å². The van der Waals surface area contributed by atoms with E-state index in [1.165, 1.54) is 111 Å². The van der Waals surface area contributed by atoms with Crippen molar-refractivity contribution in [3.8, 4) is 50.2 Å². The second kappa shape index (κ2) is 16.4. The van der Waals surface area contributed by atoms with E-state index in [0.717, 1.165) is 22.6 Å². The zero-order valence-electron chi connectivity index (χ0n) is 41.6. The molecule has 2 heterocycles. The minimum atomic E-state index is -0.570. The van der Waals surface area contributed by atoms with Gasteiger partial charge in [-0.2, -0.15) is 0 Å². The molecular weight excluding hydrogens is 917 g/mol. The van der Waals surface area contributed by atoms with Crippen molar-refractivity contribution in [2.24, 2.45) is 0 Å². The summed E-state index contributed by atoms with van der Waals surface area (Å²) in [6.07, 6.45) is 0. The van der Waals surface area contributed by atoms with Gasteiger partial charge in [0, 0.05) is 27.7 Å². The van der Waals surface area contributed by atoms with Gasteiger partial charge in [0.15, 0.2) is 0 Å². The highest BCUT2D eigenvalue weighted by Gasteiger charge is 2.51. The van der Waals surface area contributed by atoms with Gasteiger partial charge in [-0.05, 0) is 126 Å². The summed E-state index contributed by atoms with van der Waals surface area (Å²) in [4.78, 5) is 2.53. The molecular formula is C74H48N2. The van der Waals surface area contributed by atoms with Crippen LogP contribution in [0.1, 0.15) is 44.5 Å². The Labute approximate surface area is 442 Å². The molecule has 0 fully saturated rings. The molecule has 0 N–H and O–H groups in total. The maximum atomic E-state index is 2.56. The first-order valence-corrected chi connectivity index (χ1v) is 26.5. The first kappa shape index (κ1) is 42.7. The Hall–Kier alpha value is -9.76. The summed E-state index contributed by atoms with van der Waals surface area (Å²) in [5.74, 6) is 0. The van der Waals surface area contributed by atoms with Gasteiger partial charge in [0.1, 0.15) is 0 Å². The highest BCUT2D eigenvalue weighted by Crippen LogP contribution is 2.62. The molecule has 0 saturated carbocycles. The third-order valence-electron chi connectivity index (χ3n) is 17.1. The van der Waals surface area contributed by atoms with Crippen LogP contribution in [0.3, 0.4) is 0 Å². The smallest absolute Gasteiger partial charge is 0.0754 e. The molecule has 2 aliphatic carbocycles. The van der Waals surface area contributed by atoms with Crippen molar-refractivity contribution >= 4 is 38.9 Å². The van der Waals surface area contributed by atoms with Crippen LogP contribution in [0.25, 0.3) is 72.0 Å². The molecule has 0 radical (unpaired) electrons. The molecule has 1 aromatic heterocycles. The van der Waals surface area contributed by atoms with Gasteiger partial charge in [-0.15, -0.1) is 0 Å². The fourth-order valence-electron chi connectivity index (χ4n) is 14.2. The van der Waals surface area contributed by atoms with Crippen molar-refractivity contribution < 1.29 is 0 Å². The molecule has 0 bridgehead atoms. The molecule has 2 nitrogen and oxygen atoms in total. The Bertz CT molecular complexity index is 4380. The van der Waals surface area contributed by atoms with Gasteiger partial charge in [-0.25, -0.2) is 0 Å². The molecule has 16 rings (SSSR count). The Morgan fingerprint density at radius 3 is 1.41 bits per heavy atom. The number of benzene rings is 12. The number of hydrogen-bond donors (Lipinski definition) is 0. The van der Waals surface area contributed by atoms with Crippen LogP contribution in [0.2, 0.25) is 0 Å². The summed E-state index contributed by atoms with van der Waals surface area (Å²) < 4.78 is 2.56. The molecule has 2 heteroatoms. The number of anilines is 3. The van der Waals surface area contributed by atoms with Crippen molar-refractivity contribution in [2.75, 3.05) is 4.90 Å². The van der Waals surface area contributed by atoms with E-state index >= 15 is 0 Å². The van der Waals surface area contributed by atoms with Gasteiger partial charge in [-0.3, -0.25) is 0 Å². The molecule has 0 atom stereocenters. The fraction of sp³-hybridized carbons (Fsp3) is 0.0270. The predicted molar refractivity (Wildman–Crippen MR) is 315 cm³/mol. The summed E-state index contributed by atoms with van der Waals surface area (Å²) in [7, 11) is 0. The highest BCUT2D eigenvalue weighted by atomic mass is 15.1. The number of fused-ring (bicyclic) bond motifs is 15. The van der Waals surface area contributed by atoms with Crippen LogP contribution in [0.4, 0.5) is 17.1 Å². The fourth-order valence-corrected chi connectivity index (χ4v) is 14.2. The van der Waals surface area contributed by atoms with E-state index in [1.807, 2.05) is 0 Å². The summed E-state index contributed by atoms with van der Waals surface area (Å²) in [6.45, 7) is 0. The quantitative estimate of drug-likeness (QED) is 0.155. The van der Waals surface area contributed by atoms with Crippen LogP contribution in [0, 0.1) is 0 Å². The van der Waals surface area contributed by atoms with Crippen LogP contribution in [0.5, 0.6) is 0 Å². The van der Waals surface area contributed by atoms with Gasteiger partial charge in [0.05, 0.1) is 33.2 Å². The van der Waals surface area contributed by atoms with Crippen LogP contribution in [0.15, 0.2) is 291 Å². The second-order valence-electron chi connectivity index (χ2n) is 20.6. The highest BCUT2D eigenvalue weighted by molar-refractivity contribution is 6.14. The maximum Gasteiger partial charge on any atom is 0.0754 e. The molecule has 12 aromatic carbocycles. The minimum Gasteiger partial charge on any atom is -0.310 e. The van der Waals surface area contributed by atoms with E-state index in [2.05, 4.69) is 301 Å². The number of aromatic nitrogens is 1. The lowest BCUT2D eigenvalue weighted by molar-refractivity contribution is 0.748. The molecule has 0 amide bonds. The summed E-state index contributed by atoms with van der Waals surface area (Å²) in [5.41, 5.74) is 26.1. The largest absolute Gasteiger partial charge is 0.310 e. The third kappa shape index (κ3) is 5.70. The number of para-hydroxylation sites is 3. The second-order valence-corrected chi connectivity index (χ2v) is 20.6.